The van der Waals surface area contributed by atoms with E-state index in [-0.39, 0.29) is 23.7 Å². The summed E-state index contributed by atoms with van der Waals surface area (Å²) in [5.41, 5.74) is 1.24. The number of carbonyl (C=O) groups excluding carboxylic acids is 1. The van der Waals surface area contributed by atoms with Crippen LogP contribution in [0.1, 0.15) is 51.5 Å². The van der Waals surface area contributed by atoms with Gasteiger partial charge in [0.1, 0.15) is 0 Å². The van der Waals surface area contributed by atoms with Crippen molar-refractivity contribution < 1.29 is 14.7 Å². The van der Waals surface area contributed by atoms with Crippen molar-refractivity contribution in [1.29, 1.82) is 0 Å². The maximum Gasteiger partial charge on any atom is 0.303 e. The van der Waals surface area contributed by atoms with Crippen LogP contribution >= 0.6 is 0 Å². The van der Waals surface area contributed by atoms with E-state index in [9.17, 15) is 9.59 Å². The van der Waals surface area contributed by atoms with E-state index in [1.54, 1.807) is 0 Å². The van der Waals surface area contributed by atoms with Gasteiger partial charge in [0.2, 0.25) is 5.91 Å². The number of amides is 1. The molecule has 0 radical (unpaired) electrons. The number of piperidine rings is 1. The van der Waals surface area contributed by atoms with Gasteiger partial charge in [-0.1, -0.05) is 44.2 Å². The molecule has 1 aliphatic heterocycles. The van der Waals surface area contributed by atoms with Gasteiger partial charge in [0.05, 0.1) is 0 Å². The van der Waals surface area contributed by atoms with Gasteiger partial charge in [0.15, 0.2) is 0 Å². The van der Waals surface area contributed by atoms with Crippen LogP contribution in [0.15, 0.2) is 30.3 Å². The van der Waals surface area contributed by atoms with Gasteiger partial charge in [0, 0.05) is 25.9 Å². The Morgan fingerprint density at radius 1 is 1.17 bits per heavy atom. The normalized spacial score (nSPS) is 16.3. The summed E-state index contributed by atoms with van der Waals surface area (Å²) >= 11 is 0. The summed E-state index contributed by atoms with van der Waals surface area (Å²) in [5.74, 6) is -0.320. The molecular weight excluding hydrogens is 290 g/mol. The van der Waals surface area contributed by atoms with Crippen LogP contribution in [0, 0.1) is 5.92 Å². The predicted molar refractivity (Wildman–Crippen MR) is 90.3 cm³/mol. The zero-order valence-corrected chi connectivity index (χ0v) is 14.1. The number of hydrogen-bond donors (Lipinski definition) is 1. The molecule has 1 N–H and O–H groups in total. The summed E-state index contributed by atoms with van der Waals surface area (Å²) in [5, 5.41) is 8.84. The molecule has 4 heteroatoms. The van der Waals surface area contributed by atoms with E-state index < -0.39 is 5.97 Å². The average molecular weight is 317 g/mol. The number of nitrogens with zero attached hydrogens (tertiary/aromatic N) is 1. The van der Waals surface area contributed by atoms with Gasteiger partial charge < -0.3 is 10.0 Å². The molecule has 1 aromatic carbocycles. The number of benzene rings is 1. The first-order chi connectivity index (χ1) is 10.9. The van der Waals surface area contributed by atoms with Crippen molar-refractivity contribution in [1.82, 2.24) is 4.90 Å². The highest BCUT2D eigenvalue weighted by atomic mass is 16.4. The number of carboxylic acids is 1. The first-order valence-electron chi connectivity index (χ1n) is 8.43. The SMILES string of the molecule is CC(C)(CCC(=O)N1CCC(CC(=O)O)CC1)c1ccccc1. The van der Waals surface area contributed by atoms with Crippen LogP contribution in [0.4, 0.5) is 0 Å². The lowest BCUT2D eigenvalue weighted by atomic mass is 9.80. The molecule has 1 saturated heterocycles. The van der Waals surface area contributed by atoms with E-state index in [1.165, 1.54) is 5.56 Å². The molecule has 1 amide bonds. The van der Waals surface area contributed by atoms with Gasteiger partial charge in [-0.15, -0.1) is 0 Å². The third kappa shape index (κ3) is 5.08. The molecule has 0 saturated carbocycles. The van der Waals surface area contributed by atoms with E-state index in [0.717, 1.165) is 19.3 Å². The maximum absolute atomic E-state index is 12.4. The molecule has 2 rings (SSSR count). The second-order valence-corrected chi connectivity index (χ2v) is 7.17. The summed E-state index contributed by atoms with van der Waals surface area (Å²) in [4.78, 5) is 25.1. The molecule has 1 heterocycles. The van der Waals surface area contributed by atoms with Gasteiger partial charge >= 0.3 is 5.97 Å². The van der Waals surface area contributed by atoms with Gasteiger partial charge in [-0.05, 0) is 36.2 Å². The first-order valence-corrected chi connectivity index (χ1v) is 8.43. The highest BCUT2D eigenvalue weighted by Gasteiger charge is 2.26. The van der Waals surface area contributed by atoms with Gasteiger partial charge in [-0.2, -0.15) is 0 Å². The summed E-state index contributed by atoms with van der Waals surface area (Å²) < 4.78 is 0. The van der Waals surface area contributed by atoms with Gasteiger partial charge in [-0.25, -0.2) is 0 Å². The number of hydrogen-bond acceptors (Lipinski definition) is 2. The Morgan fingerprint density at radius 3 is 2.35 bits per heavy atom. The van der Waals surface area contributed by atoms with Crippen LogP contribution < -0.4 is 0 Å². The molecule has 1 aromatic rings. The molecule has 0 spiro atoms. The molecule has 0 unspecified atom stereocenters. The summed E-state index contributed by atoms with van der Waals surface area (Å²) in [6.07, 6.45) is 3.21. The Hall–Kier alpha value is -1.84. The Balaban J connectivity index is 1.80. The highest BCUT2D eigenvalue weighted by molar-refractivity contribution is 5.76. The van der Waals surface area contributed by atoms with E-state index in [0.29, 0.717) is 19.5 Å². The highest BCUT2D eigenvalue weighted by Crippen LogP contribution is 2.29. The lowest BCUT2D eigenvalue weighted by molar-refractivity contribution is -0.138. The number of carboxylic acid groups (broad SMARTS) is 1. The van der Waals surface area contributed by atoms with Gasteiger partial charge in [-0.3, -0.25) is 9.59 Å². The van der Waals surface area contributed by atoms with E-state index >= 15 is 0 Å². The number of carbonyl (C=O) groups is 2. The second kappa shape index (κ2) is 7.62. The predicted octanol–water partition coefficient (Wildman–Crippen LogP) is 3.46. The van der Waals surface area contributed by atoms with E-state index in [1.807, 2.05) is 23.1 Å². The van der Waals surface area contributed by atoms with Crippen LogP contribution in [0.25, 0.3) is 0 Å². The monoisotopic (exact) mass is 317 g/mol. The van der Waals surface area contributed by atoms with Crippen molar-refractivity contribution in [2.75, 3.05) is 13.1 Å². The number of aliphatic carboxylic acids is 1. The summed E-state index contributed by atoms with van der Waals surface area (Å²) in [6, 6.07) is 10.3. The zero-order valence-electron chi connectivity index (χ0n) is 14.1. The van der Waals surface area contributed by atoms with Crippen LogP contribution in [0.2, 0.25) is 0 Å². The Labute approximate surface area is 138 Å². The van der Waals surface area contributed by atoms with Crippen LogP contribution in [-0.4, -0.2) is 35.0 Å². The Kier molecular flexibility index (Phi) is 5.80. The van der Waals surface area contributed by atoms with Crippen LogP contribution in [0.3, 0.4) is 0 Å². The molecule has 1 aliphatic rings. The minimum absolute atomic E-state index is 0.0153. The van der Waals surface area contributed by atoms with Crippen molar-refractivity contribution in [2.45, 2.75) is 51.4 Å². The van der Waals surface area contributed by atoms with Crippen LogP contribution in [-0.2, 0) is 15.0 Å². The minimum Gasteiger partial charge on any atom is -0.481 e. The lowest BCUT2D eigenvalue weighted by Crippen LogP contribution is -2.39. The summed E-state index contributed by atoms with van der Waals surface area (Å²) in [7, 11) is 0. The molecule has 23 heavy (non-hydrogen) atoms. The summed E-state index contributed by atoms with van der Waals surface area (Å²) in [6.45, 7) is 5.74. The third-order valence-electron chi connectivity index (χ3n) is 4.95. The number of likely N-dealkylation sites (tertiary alicyclic amines) is 1. The quantitative estimate of drug-likeness (QED) is 0.874. The molecule has 0 aromatic heterocycles. The average Bonchev–Trinajstić information content (AvgIpc) is 2.54. The van der Waals surface area contributed by atoms with Crippen molar-refractivity contribution in [2.24, 2.45) is 5.92 Å². The molecule has 4 nitrogen and oxygen atoms in total. The molecule has 0 atom stereocenters. The standard InChI is InChI=1S/C19H27NO3/c1-19(2,16-6-4-3-5-7-16)11-8-17(21)20-12-9-15(10-13-20)14-18(22)23/h3-7,15H,8-14H2,1-2H3,(H,22,23). The Morgan fingerprint density at radius 2 is 1.78 bits per heavy atom. The topological polar surface area (TPSA) is 57.6 Å². The molecule has 126 valence electrons. The van der Waals surface area contributed by atoms with Gasteiger partial charge in [0.25, 0.3) is 0 Å². The molecule has 0 bridgehead atoms. The second-order valence-electron chi connectivity index (χ2n) is 7.17. The first kappa shape index (κ1) is 17.5. The van der Waals surface area contributed by atoms with Crippen molar-refractivity contribution in [3.63, 3.8) is 0 Å². The maximum atomic E-state index is 12.4. The minimum atomic E-state index is -0.737. The van der Waals surface area contributed by atoms with E-state index in [4.69, 9.17) is 5.11 Å². The zero-order chi connectivity index (χ0) is 16.9. The van der Waals surface area contributed by atoms with Crippen molar-refractivity contribution in [3.8, 4) is 0 Å². The Bertz CT molecular complexity index is 531. The lowest BCUT2D eigenvalue weighted by Gasteiger charge is -2.32. The molecular formula is C19H27NO3. The number of rotatable bonds is 6. The molecule has 1 fully saturated rings. The van der Waals surface area contributed by atoms with Crippen molar-refractivity contribution in [3.05, 3.63) is 35.9 Å². The third-order valence-corrected chi connectivity index (χ3v) is 4.95. The fraction of sp³-hybridized carbons (Fsp3) is 0.579. The fourth-order valence-electron chi connectivity index (χ4n) is 3.24. The fourth-order valence-corrected chi connectivity index (χ4v) is 3.24. The van der Waals surface area contributed by atoms with E-state index in [2.05, 4.69) is 26.0 Å². The van der Waals surface area contributed by atoms with Crippen LogP contribution in [0.5, 0.6) is 0 Å². The molecule has 0 aliphatic carbocycles. The largest absolute Gasteiger partial charge is 0.481 e. The van der Waals surface area contributed by atoms with Crippen molar-refractivity contribution >= 4 is 11.9 Å². The smallest absolute Gasteiger partial charge is 0.303 e.